The molecule has 1 saturated carbocycles. The molecule has 1 atom stereocenters. The average Bonchev–Trinajstić information content (AvgIpc) is 3.36. The summed E-state index contributed by atoms with van der Waals surface area (Å²) in [7, 11) is 1.62. The van der Waals surface area contributed by atoms with Gasteiger partial charge < -0.3 is 19.7 Å². The lowest BCUT2D eigenvalue weighted by Crippen LogP contribution is -2.52. The van der Waals surface area contributed by atoms with Gasteiger partial charge in [-0.1, -0.05) is 57.9 Å². The Morgan fingerprint density at radius 3 is 2.18 bits per heavy atom. The van der Waals surface area contributed by atoms with E-state index in [1.807, 2.05) is 55.5 Å². The largest absolute Gasteiger partial charge is 0.497 e. The van der Waals surface area contributed by atoms with E-state index >= 15 is 0 Å². The zero-order valence-electron chi connectivity index (χ0n) is 20.9. The Hall–Kier alpha value is -3.02. The van der Waals surface area contributed by atoms with E-state index in [0.29, 0.717) is 24.6 Å². The normalized spacial score (nSPS) is 14.6. The van der Waals surface area contributed by atoms with Crippen LogP contribution in [-0.4, -0.2) is 42.5 Å². The lowest BCUT2D eigenvalue weighted by molar-refractivity contribution is -0.143. The van der Waals surface area contributed by atoms with Gasteiger partial charge in [0, 0.05) is 12.6 Å². The average molecular weight is 467 g/mol. The van der Waals surface area contributed by atoms with E-state index in [4.69, 9.17) is 9.47 Å². The third kappa shape index (κ3) is 6.99. The van der Waals surface area contributed by atoms with Crippen molar-refractivity contribution in [3.8, 4) is 11.5 Å². The predicted octanol–water partition coefficient (Wildman–Crippen LogP) is 5.06. The van der Waals surface area contributed by atoms with Crippen LogP contribution in [0, 0.1) is 0 Å². The summed E-state index contributed by atoms with van der Waals surface area (Å²) in [4.78, 5) is 28.2. The van der Waals surface area contributed by atoms with E-state index in [2.05, 4.69) is 19.2 Å². The maximum absolute atomic E-state index is 13.4. The summed E-state index contributed by atoms with van der Waals surface area (Å²) >= 11 is 0. The van der Waals surface area contributed by atoms with Crippen molar-refractivity contribution in [3.63, 3.8) is 0 Å². The highest BCUT2D eigenvalue weighted by atomic mass is 16.5. The molecular weight excluding hydrogens is 428 g/mol. The van der Waals surface area contributed by atoms with Crippen LogP contribution < -0.4 is 14.8 Å². The number of nitrogens with zero attached hydrogens (tertiary/aromatic N) is 1. The highest BCUT2D eigenvalue weighted by Gasteiger charge is 2.30. The fraction of sp³-hybridized carbons (Fsp3) is 0.500. The molecule has 0 radical (unpaired) electrons. The van der Waals surface area contributed by atoms with Crippen LogP contribution in [0.3, 0.4) is 0 Å². The zero-order valence-corrected chi connectivity index (χ0v) is 20.9. The molecule has 1 aliphatic carbocycles. The van der Waals surface area contributed by atoms with Crippen molar-refractivity contribution in [2.45, 2.75) is 77.4 Å². The predicted molar refractivity (Wildman–Crippen MR) is 134 cm³/mol. The van der Waals surface area contributed by atoms with Gasteiger partial charge in [0.2, 0.25) is 5.91 Å². The van der Waals surface area contributed by atoms with Gasteiger partial charge in [-0.3, -0.25) is 9.59 Å². The van der Waals surface area contributed by atoms with Crippen molar-refractivity contribution in [3.05, 3.63) is 59.7 Å². The van der Waals surface area contributed by atoms with Crippen molar-refractivity contribution in [1.29, 1.82) is 0 Å². The van der Waals surface area contributed by atoms with E-state index < -0.39 is 6.04 Å². The van der Waals surface area contributed by atoms with Gasteiger partial charge in [0.05, 0.1) is 7.11 Å². The Morgan fingerprint density at radius 1 is 1.00 bits per heavy atom. The van der Waals surface area contributed by atoms with Gasteiger partial charge in [0.15, 0.2) is 6.61 Å². The molecular formula is C28H38N2O4. The second-order valence-electron chi connectivity index (χ2n) is 9.30. The zero-order chi connectivity index (χ0) is 24.5. The number of amides is 2. The van der Waals surface area contributed by atoms with Gasteiger partial charge in [-0.2, -0.15) is 0 Å². The fourth-order valence-electron chi connectivity index (χ4n) is 4.39. The molecule has 6 heteroatoms. The van der Waals surface area contributed by atoms with Crippen LogP contribution >= 0.6 is 0 Å². The lowest BCUT2D eigenvalue weighted by atomic mass is 10.0. The third-order valence-corrected chi connectivity index (χ3v) is 6.51. The number of benzene rings is 2. The van der Waals surface area contributed by atoms with E-state index in [-0.39, 0.29) is 24.5 Å². The summed E-state index contributed by atoms with van der Waals surface area (Å²) < 4.78 is 11.1. The first-order chi connectivity index (χ1) is 16.4. The fourth-order valence-corrected chi connectivity index (χ4v) is 4.39. The van der Waals surface area contributed by atoms with Crippen molar-refractivity contribution in [2.24, 2.45) is 0 Å². The second kappa shape index (κ2) is 12.4. The van der Waals surface area contributed by atoms with E-state index in [0.717, 1.165) is 37.0 Å². The van der Waals surface area contributed by atoms with Crippen LogP contribution in [0.25, 0.3) is 0 Å². The minimum Gasteiger partial charge on any atom is -0.497 e. The van der Waals surface area contributed by atoms with Gasteiger partial charge >= 0.3 is 0 Å². The maximum atomic E-state index is 13.4. The molecule has 1 aliphatic rings. The van der Waals surface area contributed by atoms with Crippen molar-refractivity contribution < 1.29 is 19.1 Å². The molecule has 2 aromatic rings. The molecule has 184 valence electrons. The molecule has 0 saturated heterocycles. The van der Waals surface area contributed by atoms with E-state index in [9.17, 15) is 9.59 Å². The van der Waals surface area contributed by atoms with Crippen LogP contribution in [0.15, 0.2) is 48.5 Å². The van der Waals surface area contributed by atoms with Crippen molar-refractivity contribution in [2.75, 3.05) is 13.7 Å². The molecule has 0 aliphatic heterocycles. The Kier molecular flexibility index (Phi) is 9.37. The van der Waals surface area contributed by atoms with Gasteiger partial charge in [-0.05, 0) is 60.6 Å². The minimum atomic E-state index is -0.554. The first-order valence-corrected chi connectivity index (χ1v) is 12.4. The van der Waals surface area contributed by atoms with Crippen LogP contribution in [0.2, 0.25) is 0 Å². The molecule has 0 heterocycles. The number of rotatable bonds is 11. The highest BCUT2D eigenvalue weighted by molar-refractivity contribution is 5.88. The number of nitrogens with one attached hydrogen (secondary N) is 1. The van der Waals surface area contributed by atoms with Crippen LogP contribution in [0.5, 0.6) is 11.5 Å². The number of carbonyl (C=O) groups is 2. The SMILES string of the molecule is CC[C@@H](C(=O)NC1CCCC1)N(Cc1ccc(OC)cc1)C(=O)COc1ccc(C(C)C)cc1. The quantitative estimate of drug-likeness (QED) is 0.502. The Bertz CT molecular complexity index is 918. The summed E-state index contributed by atoms with van der Waals surface area (Å²) in [6.07, 6.45) is 4.82. The molecule has 0 aromatic heterocycles. The molecule has 0 bridgehead atoms. The molecule has 2 amide bonds. The molecule has 2 aromatic carbocycles. The molecule has 34 heavy (non-hydrogen) atoms. The summed E-state index contributed by atoms with van der Waals surface area (Å²) in [5.41, 5.74) is 2.15. The van der Waals surface area contributed by atoms with Gasteiger partial charge in [0.25, 0.3) is 5.91 Å². The molecule has 1 N–H and O–H groups in total. The number of hydrogen-bond donors (Lipinski definition) is 1. The highest BCUT2D eigenvalue weighted by Crippen LogP contribution is 2.21. The Labute approximate surface area is 203 Å². The number of hydrogen-bond acceptors (Lipinski definition) is 4. The summed E-state index contributed by atoms with van der Waals surface area (Å²) in [6, 6.07) is 15.0. The first-order valence-electron chi connectivity index (χ1n) is 12.4. The van der Waals surface area contributed by atoms with Crippen molar-refractivity contribution >= 4 is 11.8 Å². The number of carbonyl (C=O) groups excluding carboxylic acids is 2. The van der Waals surface area contributed by atoms with Crippen LogP contribution in [0.1, 0.15) is 69.9 Å². The third-order valence-electron chi connectivity index (χ3n) is 6.51. The molecule has 0 unspecified atom stereocenters. The smallest absolute Gasteiger partial charge is 0.261 e. The Balaban J connectivity index is 1.73. The van der Waals surface area contributed by atoms with Gasteiger partial charge in [-0.25, -0.2) is 0 Å². The van der Waals surface area contributed by atoms with Crippen molar-refractivity contribution in [1.82, 2.24) is 10.2 Å². The standard InChI is InChI=1S/C28H38N2O4/c1-5-26(28(32)29-23-8-6-7-9-23)30(18-21-10-14-24(33-4)15-11-21)27(31)19-34-25-16-12-22(13-17-25)20(2)3/h10-17,20,23,26H,5-9,18-19H2,1-4H3,(H,29,32)/t26-/m0/s1. The molecule has 0 spiro atoms. The molecule has 6 nitrogen and oxygen atoms in total. The Morgan fingerprint density at radius 2 is 1.62 bits per heavy atom. The van der Waals surface area contributed by atoms with Crippen LogP contribution in [-0.2, 0) is 16.1 Å². The summed E-state index contributed by atoms with van der Waals surface area (Å²) in [6.45, 7) is 6.42. The van der Waals surface area contributed by atoms with Gasteiger partial charge in [0.1, 0.15) is 17.5 Å². The summed E-state index contributed by atoms with van der Waals surface area (Å²) in [5, 5.41) is 3.17. The lowest BCUT2D eigenvalue weighted by Gasteiger charge is -2.31. The first kappa shape index (κ1) is 25.6. The topological polar surface area (TPSA) is 67.9 Å². The second-order valence-corrected chi connectivity index (χ2v) is 9.30. The molecule has 3 rings (SSSR count). The number of methoxy groups -OCH3 is 1. The minimum absolute atomic E-state index is 0.0856. The van der Waals surface area contributed by atoms with Crippen LogP contribution in [0.4, 0.5) is 0 Å². The monoisotopic (exact) mass is 466 g/mol. The van der Waals surface area contributed by atoms with E-state index in [1.165, 1.54) is 5.56 Å². The van der Waals surface area contributed by atoms with Gasteiger partial charge in [-0.15, -0.1) is 0 Å². The number of ether oxygens (including phenoxy) is 2. The molecule has 1 fully saturated rings. The summed E-state index contributed by atoms with van der Waals surface area (Å²) in [5.74, 6) is 1.53. The van der Waals surface area contributed by atoms with E-state index in [1.54, 1.807) is 12.0 Å². The maximum Gasteiger partial charge on any atom is 0.261 e.